The van der Waals surface area contributed by atoms with Crippen LogP contribution in [0.5, 0.6) is 0 Å². The molecule has 0 atom stereocenters. The lowest BCUT2D eigenvalue weighted by molar-refractivity contribution is -0.132. The number of likely N-dealkylation sites (tertiary alicyclic amines) is 1. The molecule has 1 aromatic rings. The van der Waals surface area contributed by atoms with Gasteiger partial charge in [0.25, 0.3) is 0 Å². The van der Waals surface area contributed by atoms with Gasteiger partial charge in [-0.3, -0.25) is 9.69 Å². The summed E-state index contributed by atoms with van der Waals surface area (Å²) in [6.07, 6.45) is 6.29. The molecule has 1 fully saturated rings. The number of hydrogen-bond donors (Lipinski definition) is 0. The molecule has 3 heteroatoms. The number of carbonyl (C=O) groups is 1. The minimum absolute atomic E-state index is 0.357. The van der Waals surface area contributed by atoms with Crippen molar-refractivity contribution in [2.24, 2.45) is 5.92 Å². The summed E-state index contributed by atoms with van der Waals surface area (Å²) in [6, 6.07) is 10.7. The van der Waals surface area contributed by atoms with Gasteiger partial charge in [-0.05, 0) is 50.8 Å². The van der Waals surface area contributed by atoms with Crippen LogP contribution < -0.4 is 0 Å². The van der Waals surface area contributed by atoms with Gasteiger partial charge in [0.2, 0.25) is 5.91 Å². The summed E-state index contributed by atoms with van der Waals surface area (Å²) >= 11 is 0. The lowest BCUT2D eigenvalue weighted by Crippen LogP contribution is -2.38. The normalized spacial score (nSPS) is 20.4. The van der Waals surface area contributed by atoms with Crippen LogP contribution in [0.3, 0.4) is 0 Å². The van der Waals surface area contributed by atoms with E-state index in [1.54, 1.807) is 0 Å². The van der Waals surface area contributed by atoms with Crippen LogP contribution in [0.4, 0.5) is 0 Å². The molecule has 0 N–H and O–H groups in total. The van der Waals surface area contributed by atoms with Crippen LogP contribution in [-0.2, 0) is 11.3 Å². The van der Waals surface area contributed by atoms with Crippen LogP contribution in [0.2, 0.25) is 0 Å². The van der Waals surface area contributed by atoms with Crippen molar-refractivity contribution in [1.29, 1.82) is 0 Å². The largest absolute Gasteiger partial charge is 0.339 e. The second-order valence-electron chi connectivity index (χ2n) is 7.05. The van der Waals surface area contributed by atoms with Crippen LogP contribution in [0.15, 0.2) is 42.0 Å². The van der Waals surface area contributed by atoms with Crippen molar-refractivity contribution in [2.45, 2.75) is 39.2 Å². The van der Waals surface area contributed by atoms with E-state index in [1.165, 1.54) is 11.1 Å². The van der Waals surface area contributed by atoms with Crippen LogP contribution in [0, 0.1) is 5.92 Å². The van der Waals surface area contributed by atoms with Gasteiger partial charge in [-0.15, -0.1) is 0 Å². The molecule has 0 aromatic heterocycles. The Morgan fingerprint density at radius 3 is 2.52 bits per heavy atom. The first-order valence-corrected chi connectivity index (χ1v) is 8.90. The molecule has 23 heavy (non-hydrogen) atoms. The average Bonchev–Trinajstić information content (AvgIpc) is 2.58. The molecular weight excluding hydrogens is 284 g/mol. The zero-order valence-corrected chi connectivity index (χ0v) is 14.2. The summed E-state index contributed by atoms with van der Waals surface area (Å²) in [6.45, 7) is 7.16. The van der Waals surface area contributed by atoms with Crippen molar-refractivity contribution in [2.75, 3.05) is 26.2 Å². The Morgan fingerprint density at radius 2 is 1.87 bits per heavy atom. The maximum Gasteiger partial charge on any atom is 0.223 e. The topological polar surface area (TPSA) is 23.6 Å². The third-order valence-electron chi connectivity index (χ3n) is 5.21. The first-order chi connectivity index (χ1) is 11.2. The highest BCUT2D eigenvalue weighted by Crippen LogP contribution is 2.23. The molecular formula is C20H28N2O. The van der Waals surface area contributed by atoms with Crippen molar-refractivity contribution in [3.8, 4) is 0 Å². The monoisotopic (exact) mass is 312 g/mol. The Morgan fingerprint density at radius 1 is 1.13 bits per heavy atom. The predicted octanol–water partition coefficient (Wildman–Crippen LogP) is 3.47. The Balaban J connectivity index is 1.41. The van der Waals surface area contributed by atoms with Gasteiger partial charge >= 0.3 is 0 Å². The van der Waals surface area contributed by atoms with Gasteiger partial charge in [0.1, 0.15) is 0 Å². The molecule has 124 valence electrons. The maximum atomic E-state index is 12.4. The van der Waals surface area contributed by atoms with E-state index in [9.17, 15) is 4.79 Å². The summed E-state index contributed by atoms with van der Waals surface area (Å²) < 4.78 is 0. The lowest BCUT2D eigenvalue weighted by atomic mass is 9.92. The van der Waals surface area contributed by atoms with Gasteiger partial charge in [-0.2, -0.15) is 0 Å². The molecule has 0 unspecified atom stereocenters. The minimum atomic E-state index is 0.357. The molecule has 3 rings (SSSR count). The molecule has 0 spiro atoms. The molecule has 3 nitrogen and oxygen atoms in total. The van der Waals surface area contributed by atoms with Crippen LogP contribution >= 0.6 is 0 Å². The van der Waals surface area contributed by atoms with Gasteiger partial charge < -0.3 is 4.90 Å². The maximum absolute atomic E-state index is 12.4. The molecule has 1 saturated heterocycles. The third-order valence-corrected chi connectivity index (χ3v) is 5.21. The van der Waals surface area contributed by atoms with E-state index >= 15 is 0 Å². The molecule has 1 amide bonds. The Hall–Kier alpha value is -1.61. The minimum Gasteiger partial charge on any atom is -0.339 e. The zero-order valence-electron chi connectivity index (χ0n) is 14.2. The van der Waals surface area contributed by atoms with Gasteiger partial charge in [0.05, 0.1) is 0 Å². The number of piperidine rings is 1. The average molecular weight is 312 g/mol. The first kappa shape index (κ1) is 16.3. The van der Waals surface area contributed by atoms with E-state index in [2.05, 4.69) is 48.2 Å². The molecule has 0 saturated carbocycles. The van der Waals surface area contributed by atoms with Crippen molar-refractivity contribution in [3.63, 3.8) is 0 Å². The SMILES string of the molecule is CC1=CCN(C(=O)CC2CCN(Cc3ccccc3)CC2)CC1. The smallest absolute Gasteiger partial charge is 0.223 e. The number of carbonyl (C=O) groups excluding carboxylic acids is 1. The zero-order chi connectivity index (χ0) is 16.1. The highest BCUT2D eigenvalue weighted by atomic mass is 16.2. The van der Waals surface area contributed by atoms with E-state index < -0.39 is 0 Å². The van der Waals surface area contributed by atoms with Crippen molar-refractivity contribution < 1.29 is 4.79 Å². The standard InChI is InChI=1S/C20H28N2O/c1-17-7-13-22(14-8-17)20(23)15-18-9-11-21(12-10-18)16-19-5-3-2-4-6-19/h2-7,18H,8-16H2,1H3. The third kappa shape index (κ3) is 4.68. The van der Waals surface area contributed by atoms with Gasteiger partial charge in [0, 0.05) is 26.1 Å². The molecule has 2 aliphatic rings. The summed E-state index contributed by atoms with van der Waals surface area (Å²) in [5.74, 6) is 0.928. The molecule has 1 aromatic carbocycles. The fraction of sp³-hybridized carbons (Fsp3) is 0.550. The molecule has 0 radical (unpaired) electrons. The Bertz CT molecular complexity index is 544. The van der Waals surface area contributed by atoms with Crippen LogP contribution in [-0.4, -0.2) is 41.9 Å². The van der Waals surface area contributed by atoms with Crippen LogP contribution in [0.1, 0.15) is 38.2 Å². The second kappa shape index (κ2) is 7.78. The van der Waals surface area contributed by atoms with Crippen LogP contribution in [0.25, 0.3) is 0 Å². The van der Waals surface area contributed by atoms with Gasteiger partial charge in [-0.25, -0.2) is 0 Å². The molecule has 2 heterocycles. The van der Waals surface area contributed by atoms with E-state index in [0.717, 1.165) is 58.4 Å². The van der Waals surface area contributed by atoms with Crippen molar-refractivity contribution in [1.82, 2.24) is 9.80 Å². The van der Waals surface area contributed by atoms with E-state index in [1.807, 2.05) is 4.90 Å². The summed E-state index contributed by atoms with van der Waals surface area (Å²) in [5.41, 5.74) is 2.81. The summed E-state index contributed by atoms with van der Waals surface area (Å²) in [5, 5.41) is 0. The second-order valence-corrected chi connectivity index (χ2v) is 7.05. The highest BCUT2D eigenvalue weighted by Gasteiger charge is 2.24. The van der Waals surface area contributed by atoms with Crippen molar-refractivity contribution in [3.05, 3.63) is 47.5 Å². The fourth-order valence-corrected chi connectivity index (χ4v) is 3.56. The quantitative estimate of drug-likeness (QED) is 0.795. The number of benzene rings is 1. The molecule has 0 bridgehead atoms. The fourth-order valence-electron chi connectivity index (χ4n) is 3.56. The van der Waals surface area contributed by atoms with E-state index in [0.29, 0.717) is 11.8 Å². The number of rotatable bonds is 4. The summed E-state index contributed by atoms with van der Waals surface area (Å²) in [4.78, 5) is 17.0. The Kier molecular flexibility index (Phi) is 5.50. The van der Waals surface area contributed by atoms with E-state index in [4.69, 9.17) is 0 Å². The summed E-state index contributed by atoms with van der Waals surface area (Å²) in [7, 11) is 0. The highest BCUT2D eigenvalue weighted by molar-refractivity contribution is 5.76. The molecule has 2 aliphatic heterocycles. The van der Waals surface area contributed by atoms with Crippen molar-refractivity contribution >= 4 is 5.91 Å². The first-order valence-electron chi connectivity index (χ1n) is 8.90. The number of amides is 1. The Labute approximate surface area is 140 Å². The number of hydrogen-bond acceptors (Lipinski definition) is 2. The van der Waals surface area contributed by atoms with Gasteiger partial charge in [-0.1, -0.05) is 42.0 Å². The number of nitrogens with zero attached hydrogens (tertiary/aromatic N) is 2. The predicted molar refractivity (Wildman–Crippen MR) is 94.0 cm³/mol. The lowest BCUT2D eigenvalue weighted by Gasteiger charge is -2.33. The van der Waals surface area contributed by atoms with E-state index in [-0.39, 0.29) is 0 Å². The molecule has 0 aliphatic carbocycles. The van der Waals surface area contributed by atoms with Gasteiger partial charge in [0.15, 0.2) is 0 Å².